The first kappa shape index (κ1) is 17.9. The van der Waals surface area contributed by atoms with Crippen molar-refractivity contribution in [1.29, 1.82) is 0 Å². The molecule has 0 aliphatic heterocycles. The van der Waals surface area contributed by atoms with Crippen molar-refractivity contribution in [3.63, 3.8) is 0 Å². The molecular weight excluding hydrogens is 385 g/mol. The van der Waals surface area contributed by atoms with Gasteiger partial charge in [-0.1, -0.05) is 35.5 Å². The molecule has 9 heteroatoms. The Labute approximate surface area is 159 Å². The Morgan fingerprint density at radius 3 is 2.57 bits per heavy atom. The first-order valence-corrected chi connectivity index (χ1v) is 9.73. The van der Waals surface area contributed by atoms with Gasteiger partial charge in [-0.2, -0.15) is 4.98 Å². The smallest absolute Gasteiger partial charge is 0.264 e. The average molecular weight is 399 g/mol. The number of nitrogens with one attached hydrogen (secondary N) is 1. The summed E-state index contributed by atoms with van der Waals surface area (Å²) in [5, 5.41) is 3.85. The van der Waals surface area contributed by atoms with Crippen molar-refractivity contribution in [3.05, 3.63) is 84.2 Å². The number of hydrogen-bond donors (Lipinski definition) is 1. The summed E-state index contributed by atoms with van der Waals surface area (Å²) in [6, 6.07) is 15.3. The minimum atomic E-state index is -4.10. The second-order valence-electron chi connectivity index (χ2n) is 5.86. The summed E-state index contributed by atoms with van der Waals surface area (Å²) in [5.74, 6) is 0.212. The third kappa shape index (κ3) is 3.65. The van der Waals surface area contributed by atoms with Gasteiger partial charge in [0.1, 0.15) is 10.7 Å². The largest absolute Gasteiger partial charge is 0.461 e. The first-order valence-electron chi connectivity index (χ1n) is 8.25. The molecular formula is C19H14FN3O4S. The van der Waals surface area contributed by atoms with Crippen LogP contribution in [0.5, 0.6) is 0 Å². The fourth-order valence-corrected chi connectivity index (χ4v) is 3.81. The van der Waals surface area contributed by atoms with Crippen molar-refractivity contribution in [2.24, 2.45) is 0 Å². The average Bonchev–Trinajstić information content (AvgIpc) is 3.35. The van der Waals surface area contributed by atoms with Crippen LogP contribution in [-0.2, 0) is 16.4 Å². The third-order valence-electron chi connectivity index (χ3n) is 3.94. The van der Waals surface area contributed by atoms with E-state index in [0.29, 0.717) is 22.8 Å². The van der Waals surface area contributed by atoms with Gasteiger partial charge in [0.25, 0.3) is 10.0 Å². The zero-order valence-corrected chi connectivity index (χ0v) is 15.2. The molecule has 0 fully saturated rings. The quantitative estimate of drug-likeness (QED) is 0.529. The number of rotatable bonds is 6. The van der Waals surface area contributed by atoms with Gasteiger partial charge in [-0.3, -0.25) is 4.72 Å². The van der Waals surface area contributed by atoms with E-state index in [0.717, 1.165) is 6.07 Å². The molecule has 0 saturated carbocycles. The highest BCUT2D eigenvalue weighted by Crippen LogP contribution is 2.24. The van der Waals surface area contributed by atoms with Crippen LogP contribution in [0.1, 0.15) is 11.5 Å². The minimum Gasteiger partial charge on any atom is -0.461 e. The van der Waals surface area contributed by atoms with Crippen LogP contribution in [-0.4, -0.2) is 18.6 Å². The molecule has 0 unspecified atom stereocenters. The molecule has 4 rings (SSSR count). The van der Waals surface area contributed by atoms with Crippen LogP contribution in [0.15, 0.2) is 80.8 Å². The first-order chi connectivity index (χ1) is 13.5. The molecule has 7 nitrogen and oxygen atoms in total. The highest BCUT2D eigenvalue weighted by molar-refractivity contribution is 7.92. The monoisotopic (exact) mass is 399 g/mol. The summed E-state index contributed by atoms with van der Waals surface area (Å²) in [7, 11) is -4.10. The molecule has 0 radical (unpaired) electrons. The van der Waals surface area contributed by atoms with E-state index in [1.54, 1.807) is 36.4 Å². The lowest BCUT2D eigenvalue weighted by Gasteiger charge is -2.12. The number of furan rings is 1. The summed E-state index contributed by atoms with van der Waals surface area (Å²) < 4.78 is 51.9. The van der Waals surface area contributed by atoms with Crippen molar-refractivity contribution >= 4 is 15.7 Å². The lowest BCUT2D eigenvalue weighted by atomic mass is 10.1. The maximum Gasteiger partial charge on any atom is 0.264 e. The molecule has 0 amide bonds. The number of nitrogens with zero attached hydrogens (tertiary/aromatic N) is 2. The van der Waals surface area contributed by atoms with E-state index in [9.17, 15) is 12.8 Å². The molecule has 2 aromatic heterocycles. The SMILES string of the molecule is O=S(=O)(Nc1ccccc1Cc1nc(-c2ccco2)no1)c1ccccc1F. The van der Waals surface area contributed by atoms with E-state index >= 15 is 0 Å². The summed E-state index contributed by atoms with van der Waals surface area (Å²) in [4.78, 5) is 3.82. The van der Waals surface area contributed by atoms with Gasteiger partial charge in [-0.05, 0) is 35.9 Å². The summed E-state index contributed by atoms with van der Waals surface area (Å²) in [6.07, 6.45) is 1.68. The fourth-order valence-electron chi connectivity index (χ4n) is 2.63. The maximum absolute atomic E-state index is 13.9. The second kappa shape index (κ2) is 7.28. The van der Waals surface area contributed by atoms with Gasteiger partial charge in [0.05, 0.1) is 18.4 Å². The fraction of sp³-hybridized carbons (Fsp3) is 0.0526. The Morgan fingerprint density at radius 2 is 1.79 bits per heavy atom. The van der Waals surface area contributed by atoms with E-state index < -0.39 is 20.7 Å². The third-order valence-corrected chi connectivity index (χ3v) is 5.34. The molecule has 0 atom stereocenters. The molecule has 142 valence electrons. The predicted molar refractivity (Wildman–Crippen MR) is 98.5 cm³/mol. The minimum absolute atomic E-state index is 0.184. The van der Waals surface area contributed by atoms with Crippen LogP contribution in [0.2, 0.25) is 0 Å². The summed E-state index contributed by atoms with van der Waals surface area (Å²) >= 11 is 0. The Kier molecular flexibility index (Phi) is 4.66. The molecule has 0 saturated heterocycles. The normalized spacial score (nSPS) is 11.5. The summed E-state index contributed by atoms with van der Waals surface area (Å²) in [5.41, 5.74) is 0.889. The van der Waals surface area contributed by atoms with Crippen LogP contribution >= 0.6 is 0 Å². The lowest BCUT2D eigenvalue weighted by molar-refractivity contribution is 0.384. The Bertz CT molecular complexity index is 1200. The number of halogens is 1. The van der Waals surface area contributed by atoms with Gasteiger partial charge in [0.15, 0.2) is 5.76 Å². The number of aromatic nitrogens is 2. The molecule has 28 heavy (non-hydrogen) atoms. The lowest BCUT2D eigenvalue weighted by Crippen LogP contribution is -2.15. The molecule has 2 heterocycles. The highest BCUT2D eigenvalue weighted by Gasteiger charge is 2.20. The van der Waals surface area contributed by atoms with E-state index in [2.05, 4.69) is 14.9 Å². The van der Waals surface area contributed by atoms with E-state index in [4.69, 9.17) is 8.94 Å². The van der Waals surface area contributed by atoms with Gasteiger partial charge >= 0.3 is 0 Å². The van der Waals surface area contributed by atoms with Gasteiger partial charge in [-0.25, -0.2) is 12.8 Å². The zero-order chi connectivity index (χ0) is 19.6. The standard InChI is InChI=1S/C19H14FN3O4S/c20-14-7-2-4-10-17(14)28(24,25)23-15-8-3-1-6-13(15)12-18-21-19(22-27-18)16-9-5-11-26-16/h1-11,23H,12H2. The molecule has 0 aliphatic carbocycles. The van der Waals surface area contributed by atoms with Crippen molar-refractivity contribution in [1.82, 2.24) is 10.1 Å². The Balaban J connectivity index is 1.60. The molecule has 2 aromatic carbocycles. The van der Waals surface area contributed by atoms with Gasteiger partial charge in [0.2, 0.25) is 11.7 Å². The van der Waals surface area contributed by atoms with Crippen LogP contribution in [0.4, 0.5) is 10.1 Å². The number of hydrogen-bond acceptors (Lipinski definition) is 6. The number of benzene rings is 2. The topological polar surface area (TPSA) is 98.2 Å². The number of anilines is 1. The second-order valence-corrected chi connectivity index (χ2v) is 7.51. The molecule has 0 bridgehead atoms. The molecule has 1 N–H and O–H groups in total. The predicted octanol–water partition coefficient (Wildman–Crippen LogP) is 3.86. The number of sulfonamides is 1. The van der Waals surface area contributed by atoms with Crippen molar-refractivity contribution in [3.8, 4) is 11.6 Å². The highest BCUT2D eigenvalue weighted by atomic mass is 32.2. The number of para-hydroxylation sites is 1. The van der Waals surface area contributed by atoms with Crippen LogP contribution in [0.25, 0.3) is 11.6 Å². The van der Waals surface area contributed by atoms with E-state index in [-0.39, 0.29) is 12.3 Å². The van der Waals surface area contributed by atoms with Gasteiger partial charge in [0, 0.05) is 0 Å². The van der Waals surface area contributed by atoms with E-state index in [1.165, 1.54) is 24.5 Å². The Hall–Kier alpha value is -3.46. The summed E-state index contributed by atoms with van der Waals surface area (Å²) in [6.45, 7) is 0. The maximum atomic E-state index is 13.9. The zero-order valence-electron chi connectivity index (χ0n) is 14.4. The van der Waals surface area contributed by atoms with Crippen molar-refractivity contribution in [2.75, 3.05) is 4.72 Å². The Morgan fingerprint density at radius 1 is 1.00 bits per heavy atom. The van der Waals surface area contributed by atoms with Crippen LogP contribution in [0, 0.1) is 5.82 Å². The molecule has 0 spiro atoms. The van der Waals surface area contributed by atoms with Crippen molar-refractivity contribution in [2.45, 2.75) is 11.3 Å². The molecule has 0 aliphatic rings. The van der Waals surface area contributed by atoms with Gasteiger partial charge < -0.3 is 8.94 Å². The molecule has 4 aromatic rings. The van der Waals surface area contributed by atoms with Crippen LogP contribution < -0.4 is 4.72 Å². The van der Waals surface area contributed by atoms with Gasteiger partial charge in [-0.15, -0.1) is 0 Å². The van der Waals surface area contributed by atoms with Crippen LogP contribution in [0.3, 0.4) is 0 Å². The van der Waals surface area contributed by atoms with Crippen molar-refractivity contribution < 1.29 is 21.7 Å². The van der Waals surface area contributed by atoms with E-state index in [1.807, 2.05) is 0 Å².